The lowest BCUT2D eigenvalue weighted by molar-refractivity contribution is -0.138. The third-order valence-electron chi connectivity index (χ3n) is 5.64. The van der Waals surface area contributed by atoms with Crippen LogP contribution in [0.3, 0.4) is 0 Å². The van der Waals surface area contributed by atoms with Gasteiger partial charge in [0.1, 0.15) is 11.9 Å². The summed E-state index contributed by atoms with van der Waals surface area (Å²) in [4.78, 5) is 29.2. The highest BCUT2D eigenvalue weighted by Gasteiger charge is 2.38. The van der Waals surface area contributed by atoms with E-state index in [-0.39, 0.29) is 30.3 Å². The predicted octanol–water partition coefficient (Wildman–Crippen LogP) is 1.92. The van der Waals surface area contributed by atoms with Gasteiger partial charge in [-0.05, 0) is 25.0 Å². The predicted molar refractivity (Wildman–Crippen MR) is 112 cm³/mol. The standard InChI is InChI=1S/C22H26N4O5/c1-29-17-6-3-5-16(12-17)26-13-15(11-21(26)27)22(28)25-10-4-7-18(14-25)31-20-9-8-19(30-2)23-24-20/h3,5-6,8-9,12,15,18H,4,7,10-11,13-14H2,1-2H3. The molecule has 164 valence electrons. The number of nitrogens with zero attached hydrogens (tertiary/aromatic N) is 4. The number of aromatic nitrogens is 2. The van der Waals surface area contributed by atoms with Crippen molar-refractivity contribution in [3.05, 3.63) is 36.4 Å². The lowest BCUT2D eigenvalue weighted by atomic mass is 10.0. The van der Waals surface area contributed by atoms with Gasteiger partial charge in [0.25, 0.3) is 0 Å². The Morgan fingerprint density at radius 3 is 2.61 bits per heavy atom. The fraction of sp³-hybridized carbons (Fsp3) is 0.455. The molecular formula is C22H26N4O5. The van der Waals surface area contributed by atoms with Gasteiger partial charge >= 0.3 is 0 Å². The fourth-order valence-electron chi connectivity index (χ4n) is 4.04. The number of ether oxygens (including phenoxy) is 3. The molecule has 4 rings (SSSR count). The van der Waals surface area contributed by atoms with Crippen molar-refractivity contribution >= 4 is 17.5 Å². The van der Waals surface area contributed by atoms with Crippen LogP contribution in [0.1, 0.15) is 19.3 Å². The first-order valence-electron chi connectivity index (χ1n) is 10.3. The normalized spacial score (nSPS) is 21.2. The molecule has 2 saturated heterocycles. The number of hydrogen-bond acceptors (Lipinski definition) is 7. The zero-order chi connectivity index (χ0) is 21.8. The zero-order valence-electron chi connectivity index (χ0n) is 17.7. The fourth-order valence-corrected chi connectivity index (χ4v) is 4.04. The highest BCUT2D eigenvalue weighted by Crippen LogP contribution is 2.29. The molecule has 1 aromatic heterocycles. The van der Waals surface area contributed by atoms with Crippen molar-refractivity contribution in [2.24, 2.45) is 5.92 Å². The molecule has 3 heterocycles. The molecule has 2 atom stereocenters. The Morgan fingerprint density at radius 1 is 1.06 bits per heavy atom. The average molecular weight is 426 g/mol. The lowest BCUT2D eigenvalue weighted by Crippen LogP contribution is -2.47. The molecule has 31 heavy (non-hydrogen) atoms. The first kappa shape index (κ1) is 20.9. The molecule has 2 aromatic rings. The minimum atomic E-state index is -0.363. The highest BCUT2D eigenvalue weighted by atomic mass is 16.5. The number of amides is 2. The van der Waals surface area contributed by atoms with Crippen molar-refractivity contribution in [3.63, 3.8) is 0 Å². The van der Waals surface area contributed by atoms with Gasteiger partial charge in [-0.25, -0.2) is 0 Å². The minimum absolute atomic E-state index is 0.00661. The third kappa shape index (κ3) is 4.70. The summed E-state index contributed by atoms with van der Waals surface area (Å²) in [5.41, 5.74) is 0.748. The smallest absolute Gasteiger partial charge is 0.233 e. The molecule has 0 aliphatic carbocycles. The lowest BCUT2D eigenvalue weighted by Gasteiger charge is -2.34. The van der Waals surface area contributed by atoms with Gasteiger partial charge in [-0.3, -0.25) is 9.59 Å². The number of methoxy groups -OCH3 is 2. The molecular weight excluding hydrogens is 400 g/mol. The number of rotatable bonds is 6. The molecule has 1 aromatic carbocycles. The van der Waals surface area contributed by atoms with Crippen LogP contribution in [0.25, 0.3) is 0 Å². The zero-order valence-corrected chi connectivity index (χ0v) is 17.7. The molecule has 0 N–H and O–H groups in total. The van der Waals surface area contributed by atoms with Crippen molar-refractivity contribution in [2.45, 2.75) is 25.4 Å². The van der Waals surface area contributed by atoms with E-state index in [1.54, 1.807) is 29.0 Å². The van der Waals surface area contributed by atoms with E-state index in [9.17, 15) is 9.59 Å². The molecule has 0 bridgehead atoms. The molecule has 9 heteroatoms. The van der Waals surface area contributed by atoms with E-state index in [1.807, 2.05) is 24.3 Å². The summed E-state index contributed by atoms with van der Waals surface area (Å²) in [5, 5.41) is 7.90. The molecule has 2 fully saturated rings. The number of hydrogen-bond donors (Lipinski definition) is 0. The van der Waals surface area contributed by atoms with Crippen LogP contribution in [0.4, 0.5) is 5.69 Å². The Kier molecular flexibility index (Phi) is 6.20. The molecule has 2 aliphatic heterocycles. The van der Waals surface area contributed by atoms with Crippen molar-refractivity contribution < 1.29 is 23.8 Å². The van der Waals surface area contributed by atoms with Gasteiger partial charge in [0.2, 0.25) is 23.6 Å². The maximum atomic E-state index is 13.1. The number of likely N-dealkylation sites (tertiary alicyclic amines) is 1. The van der Waals surface area contributed by atoms with E-state index in [1.165, 1.54) is 7.11 Å². The van der Waals surface area contributed by atoms with Crippen LogP contribution in [-0.2, 0) is 9.59 Å². The Labute approximate surface area is 180 Å². The molecule has 2 amide bonds. The van der Waals surface area contributed by atoms with E-state index >= 15 is 0 Å². The van der Waals surface area contributed by atoms with Crippen LogP contribution < -0.4 is 19.1 Å². The van der Waals surface area contributed by atoms with Gasteiger partial charge in [-0.2, -0.15) is 0 Å². The van der Waals surface area contributed by atoms with Crippen molar-refractivity contribution in [1.82, 2.24) is 15.1 Å². The van der Waals surface area contributed by atoms with Gasteiger partial charge < -0.3 is 24.0 Å². The summed E-state index contributed by atoms with van der Waals surface area (Å²) in [6.07, 6.45) is 1.71. The maximum absolute atomic E-state index is 13.1. The van der Waals surface area contributed by atoms with Gasteiger partial charge in [0.15, 0.2) is 0 Å². The second-order valence-electron chi connectivity index (χ2n) is 7.69. The number of benzene rings is 1. The van der Waals surface area contributed by atoms with Crippen molar-refractivity contribution in [2.75, 3.05) is 38.8 Å². The second kappa shape index (κ2) is 9.20. The summed E-state index contributed by atoms with van der Waals surface area (Å²) in [6.45, 7) is 1.50. The maximum Gasteiger partial charge on any atom is 0.233 e. The minimum Gasteiger partial charge on any atom is -0.497 e. The molecule has 0 radical (unpaired) electrons. The number of piperidine rings is 1. The van der Waals surface area contributed by atoms with Crippen LogP contribution in [0.5, 0.6) is 17.5 Å². The van der Waals surface area contributed by atoms with E-state index in [4.69, 9.17) is 14.2 Å². The van der Waals surface area contributed by atoms with Crippen LogP contribution in [0.15, 0.2) is 36.4 Å². The first-order chi connectivity index (χ1) is 15.1. The second-order valence-corrected chi connectivity index (χ2v) is 7.69. The Bertz CT molecular complexity index is 936. The summed E-state index contributed by atoms with van der Waals surface area (Å²) in [6, 6.07) is 10.7. The number of anilines is 1. The monoisotopic (exact) mass is 426 g/mol. The van der Waals surface area contributed by atoms with Crippen LogP contribution in [0.2, 0.25) is 0 Å². The first-order valence-corrected chi connectivity index (χ1v) is 10.3. The van der Waals surface area contributed by atoms with Gasteiger partial charge in [-0.1, -0.05) is 6.07 Å². The van der Waals surface area contributed by atoms with Gasteiger partial charge in [0.05, 0.1) is 26.7 Å². The Balaban J connectivity index is 1.37. The van der Waals surface area contributed by atoms with Crippen LogP contribution in [-0.4, -0.2) is 66.9 Å². The third-order valence-corrected chi connectivity index (χ3v) is 5.64. The number of carbonyl (C=O) groups is 2. The summed E-state index contributed by atoms with van der Waals surface area (Å²) >= 11 is 0. The van der Waals surface area contributed by atoms with Crippen molar-refractivity contribution in [3.8, 4) is 17.5 Å². The molecule has 0 spiro atoms. The Morgan fingerprint density at radius 2 is 1.87 bits per heavy atom. The van der Waals surface area contributed by atoms with E-state index in [0.717, 1.165) is 18.5 Å². The van der Waals surface area contributed by atoms with E-state index in [2.05, 4.69) is 10.2 Å². The Hall–Kier alpha value is -3.36. The molecule has 2 unspecified atom stereocenters. The molecule has 2 aliphatic rings. The summed E-state index contributed by atoms with van der Waals surface area (Å²) < 4.78 is 16.2. The van der Waals surface area contributed by atoms with E-state index in [0.29, 0.717) is 37.1 Å². The quantitative estimate of drug-likeness (QED) is 0.696. The van der Waals surface area contributed by atoms with Gasteiger partial charge in [0, 0.05) is 43.4 Å². The van der Waals surface area contributed by atoms with Gasteiger partial charge in [-0.15, -0.1) is 10.2 Å². The highest BCUT2D eigenvalue weighted by molar-refractivity contribution is 6.00. The largest absolute Gasteiger partial charge is 0.497 e. The SMILES string of the molecule is COc1cccc(N2CC(C(=O)N3CCCC(Oc4ccc(OC)nn4)C3)CC2=O)c1. The van der Waals surface area contributed by atoms with E-state index < -0.39 is 0 Å². The molecule has 9 nitrogen and oxygen atoms in total. The number of carbonyl (C=O) groups excluding carboxylic acids is 2. The summed E-state index contributed by atoms with van der Waals surface area (Å²) in [5.74, 6) is 1.08. The average Bonchev–Trinajstić information content (AvgIpc) is 3.21. The van der Waals surface area contributed by atoms with Crippen molar-refractivity contribution in [1.29, 1.82) is 0 Å². The molecule has 0 saturated carbocycles. The van der Waals surface area contributed by atoms with Crippen LogP contribution in [0, 0.1) is 5.92 Å². The topological polar surface area (TPSA) is 94.1 Å². The summed E-state index contributed by atoms with van der Waals surface area (Å²) in [7, 11) is 3.11. The van der Waals surface area contributed by atoms with Crippen LogP contribution >= 0.6 is 0 Å².